The molecule has 0 radical (unpaired) electrons. The van der Waals surface area contributed by atoms with E-state index < -0.39 is 0 Å². The molecule has 2 amide bonds. The van der Waals surface area contributed by atoms with Gasteiger partial charge in [-0.2, -0.15) is 4.98 Å². The molecule has 1 fully saturated rings. The van der Waals surface area contributed by atoms with E-state index in [0.29, 0.717) is 18.3 Å². The van der Waals surface area contributed by atoms with Gasteiger partial charge in [0.2, 0.25) is 0 Å². The number of hydrogen-bond acceptors (Lipinski definition) is 5. The summed E-state index contributed by atoms with van der Waals surface area (Å²) in [6.07, 6.45) is 1.74. The van der Waals surface area contributed by atoms with Gasteiger partial charge in [-0.3, -0.25) is 0 Å². The fourth-order valence-electron chi connectivity index (χ4n) is 2.73. The summed E-state index contributed by atoms with van der Waals surface area (Å²) in [7, 11) is 0. The van der Waals surface area contributed by atoms with E-state index in [9.17, 15) is 9.90 Å². The maximum Gasteiger partial charge on any atom is 0.318 e. The molecule has 7 heteroatoms. The smallest absolute Gasteiger partial charge is 0.318 e. The first kappa shape index (κ1) is 15.5. The Morgan fingerprint density at radius 2 is 2.26 bits per heavy atom. The standard InChI is InChI=1S/C16H20N4O3/c1-11(17-16(22)20-9-5-8-13(20)10-21)14-18-15(23-19-14)12-6-3-2-4-7-12/h2-4,6-7,11,13,21H,5,8-10H2,1H3,(H,17,22)/t11-,13-/m0/s1. The van der Waals surface area contributed by atoms with E-state index in [-0.39, 0.29) is 24.7 Å². The lowest BCUT2D eigenvalue weighted by atomic mass is 10.2. The minimum Gasteiger partial charge on any atom is -0.394 e. The molecule has 3 rings (SSSR count). The molecule has 0 spiro atoms. The molecule has 0 saturated carbocycles. The minimum absolute atomic E-state index is 0.0117. The lowest BCUT2D eigenvalue weighted by Gasteiger charge is -2.24. The molecule has 1 saturated heterocycles. The number of urea groups is 1. The zero-order valence-corrected chi connectivity index (χ0v) is 13.0. The number of nitrogens with zero attached hydrogens (tertiary/aromatic N) is 3. The third kappa shape index (κ3) is 3.34. The van der Waals surface area contributed by atoms with Crippen LogP contribution >= 0.6 is 0 Å². The van der Waals surface area contributed by atoms with Crippen molar-refractivity contribution >= 4 is 6.03 Å². The topological polar surface area (TPSA) is 91.5 Å². The lowest BCUT2D eigenvalue weighted by Crippen LogP contribution is -2.45. The van der Waals surface area contributed by atoms with Crippen molar-refractivity contribution in [1.82, 2.24) is 20.4 Å². The van der Waals surface area contributed by atoms with Gasteiger partial charge in [-0.05, 0) is 31.9 Å². The van der Waals surface area contributed by atoms with Gasteiger partial charge >= 0.3 is 6.03 Å². The number of rotatable bonds is 4. The molecule has 1 aliphatic rings. The van der Waals surface area contributed by atoms with Crippen LogP contribution in [-0.4, -0.2) is 45.4 Å². The molecular formula is C16H20N4O3. The summed E-state index contributed by atoms with van der Waals surface area (Å²) in [4.78, 5) is 18.3. The second-order valence-corrected chi connectivity index (χ2v) is 5.67. The van der Waals surface area contributed by atoms with Gasteiger partial charge in [-0.25, -0.2) is 4.79 Å². The van der Waals surface area contributed by atoms with Crippen molar-refractivity contribution in [2.45, 2.75) is 31.8 Å². The molecular weight excluding hydrogens is 296 g/mol. The summed E-state index contributed by atoms with van der Waals surface area (Å²) in [5, 5.41) is 16.1. The molecule has 1 aromatic carbocycles. The fraction of sp³-hybridized carbons (Fsp3) is 0.438. The van der Waals surface area contributed by atoms with E-state index in [2.05, 4.69) is 15.5 Å². The van der Waals surface area contributed by atoms with E-state index >= 15 is 0 Å². The number of hydrogen-bond donors (Lipinski definition) is 2. The summed E-state index contributed by atoms with van der Waals surface area (Å²) < 4.78 is 5.26. The van der Waals surface area contributed by atoms with Crippen molar-refractivity contribution in [2.75, 3.05) is 13.2 Å². The zero-order valence-electron chi connectivity index (χ0n) is 13.0. The fourth-order valence-corrected chi connectivity index (χ4v) is 2.73. The Bertz CT molecular complexity index is 658. The normalized spacial score (nSPS) is 18.9. The first-order chi connectivity index (χ1) is 11.2. The van der Waals surface area contributed by atoms with Gasteiger partial charge in [0.15, 0.2) is 5.82 Å². The number of aromatic nitrogens is 2. The summed E-state index contributed by atoms with van der Waals surface area (Å²) in [5.74, 6) is 0.855. The van der Waals surface area contributed by atoms with Crippen LogP contribution in [-0.2, 0) is 0 Å². The van der Waals surface area contributed by atoms with Crippen LogP contribution in [0.2, 0.25) is 0 Å². The van der Waals surface area contributed by atoms with Gasteiger partial charge in [-0.1, -0.05) is 23.4 Å². The number of nitrogens with one attached hydrogen (secondary N) is 1. The highest BCUT2D eigenvalue weighted by Crippen LogP contribution is 2.20. The predicted molar refractivity (Wildman–Crippen MR) is 83.5 cm³/mol. The molecule has 1 aliphatic heterocycles. The van der Waals surface area contributed by atoms with Gasteiger partial charge in [0.25, 0.3) is 5.89 Å². The number of carbonyl (C=O) groups excluding carboxylic acids is 1. The highest BCUT2D eigenvalue weighted by molar-refractivity contribution is 5.75. The largest absolute Gasteiger partial charge is 0.394 e. The lowest BCUT2D eigenvalue weighted by molar-refractivity contribution is 0.154. The number of amides is 2. The molecule has 2 N–H and O–H groups in total. The van der Waals surface area contributed by atoms with Crippen LogP contribution in [0, 0.1) is 0 Å². The van der Waals surface area contributed by atoms with E-state index in [1.807, 2.05) is 37.3 Å². The van der Waals surface area contributed by atoms with Crippen molar-refractivity contribution in [3.63, 3.8) is 0 Å². The Hall–Kier alpha value is -2.41. The average Bonchev–Trinajstić information content (AvgIpc) is 3.24. The van der Waals surface area contributed by atoms with Gasteiger partial charge in [-0.15, -0.1) is 0 Å². The highest BCUT2D eigenvalue weighted by Gasteiger charge is 2.29. The van der Waals surface area contributed by atoms with Crippen LogP contribution in [0.3, 0.4) is 0 Å². The monoisotopic (exact) mass is 316 g/mol. The van der Waals surface area contributed by atoms with Crippen LogP contribution in [0.5, 0.6) is 0 Å². The van der Waals surface area contributed by atoms with E-state index in [1.165, 1.54) is 0 Å². The van der Waals surface area contributed by atoms with Crippen LogP contribution < -0.4 is 5.32 Å². The van der Waals surface area contributed by atoms with Crippen molar-refractivity contribution in [2.24, 2.45) is 0 Å². The molecule has 2 aromatic rings. The molecule has 1 aromatic heterocycles. The third-order valence-corrected chi connectivity index (χ3v) is 4.04. The molecule has 7 nitrogen and oxygen atoms in total. The predicted octanol–water partition coefficient (Wildman–Crippen LogP) is 1.96. The van der Waals surface area contributed by atoms with Crippen molar-refractivity contribution in [3.05, 3.63) is 36.2 Å². The van der Waals surface area contributed by atoms with Crippen LogP contribution in [0.15, 0.2) is 34.9 Å². The molecule has 0 unspecified atom stereocenters. The Balaban J connectivity index is 1.66. The second-order valence-electron chi connectivity index (χ2n) is 5.67. The van der Waals surface area contributed by atoms with Gasteiger partial charge in [0, 0.05) is 12.1 Å². The number of aliphatic hydroxyl groups is 1. The maximum atomic E-state index is 12.3. The first-order valence-electron chi connectivity index (χ1n) is 7.76. The van der Waals surface area contributed by atoms with Gasteiger partial charge in [0.1, 0.15) is 0 Å². The van der Waals surface area contributed by atoms with Crippen LogP contribution in [0.4, 0.5) is 4.79 Å². The number of benzene rings is 1. The molecule has 0 aliphatic carbocycles. The number of likely N-dealkylation sites (tertiary alicyclic amines) is 1. The summed E-state index contributed by atoms with van der Waals surface area (Å²) in [6, 6.07) is 8.79. The van der Waals surface area contributed by atoms with E-state index in [1.54, 1.807) is 4.90 Å². The van der Waals surface area contributed by atoms with Crippen LogP contribution in [0.25, 0.3) is 11.5 Å². The van der Waals surface area contributed by atoms with E-state index in [4.69, 9.17) is 4.52 Å². The molecule has 0 bridgehead atoms. The number of carbonyl (C=O) groups is 1. The number of aliphatic hydroxyl groups excluding tert-OH is 1. The van der Waals surface area contributed by atoms with Crippen LogP contribution in [0.1, 0.15) is 31.6 Å². The minimum atomic E-state index is -0.372. The Morgan fingerprint density at radius 3 is 3.00 bits per heavy atom. The maximum absolute atomic E-state index is 12.3. The average molecular weight is 316 g/mol. The van der Waals surface area contributed by atoms with E-state index in [0.717, 1.165) is 18.4 Å². The highest BCUT2D eigenvalue weighted by atomic mass is 16.5. The molecule has 2 atom stereocenters. The molecule has 23 heavy (non-hydrogen) atoms. The quantitative estimate of drug-likeness (QED) is 0.899. The third-order valence-electron chi connectivity index (χ3n) is 4.04. The summed E-state index contributed by atoms with van der Waals surface area (Å²) in [6.45, 7) is 2.45. The Morgan fingerprint density at radius 1 is 1.48 bits per heavy atom. The van der Waals surface area contributed by atoms with Crippen molar-refractivity contribution in [3.8, 4) is 11.5 Å². The summed E-state index contributed by atoms with van der Waals surface area (Å²) in [5.41, 5.74) is 0.838. The Kier molecular flexibility index (Phi) is 4.57. The first-order valence-corrected chi connectivity index (χ1v) is 7.76. The van der Waals surface area contributed by atoms with Crippen molar-refractivity contribution in [1.29, 1.82) is 0 Å². The molecule has 2 heterocycles. The van der Waals surface area contributed by atoms with Crippen molar-refractivity contribution < 1.29 is 14.4 Å². The van der Waals surface area contributed by atoms with Gasteiger partial charge < -0.3 is 19.8 Å². The Labute approximate surface area is 134 Å². The molecule has 122 valence electrons. The van der Waals surface area contributed by atoms with Gasteiger partial charge in [0.05, 0.1) is 18.7 Å². The zero-order chi connectivity index (χ0) is 16.2. The second kappa shape index (κ2) is 6.78. The summed E-state index contributed by atoms with van der Waals surface area (Å²) >= 11 is 0. The SMILES string of the molecule is C[C@H](NC(=O)N1CCC[C@H]1CO)c1noc(-c2ccccc2)n1.